The molecule has 0 aromatic heterocycles. The molecular weight excluding hydrogens is 639 g/mol. The molecule has 0 radical (unpaired) electrons. The van der Waals surface area contributed by atoms with Gasteiger partial charge in [0.15, 0.2) is 0 Å². The van der Waals surface area contributed by atoms with Gasteiger partial charge in [-0.05, 0) is 114 Å². The molecule has 3 aliphatic heterocycles. The summed E-state index contributed by atoms with van der Waals surface area (Å²) in [6.45, 7) is 0.0400. The van der Waals surface area contributed by atoms with Crippen LogP contribution in [0.3, 0.4) is 0 Å². The molecule has 0 unspecified atom stereocenters. The van der Waals surface area contributed by atoms with Crippen molar-refractivity contribution in [2.24, 2.45) is 0 Å². The molecule has 0 amide bonds. The summed E-state index contributed by atoms with van der Waals surface area (Å²) in [6.07, 6.45) is 0. The average Bonchev–Trinajstić information content (AvgIpc) is 3.24. The molecule has 0 aliphatic carbocycles. The van der Waals surface area contributed by atoms with Gasteiger partial charge in [-0.1, -0.05) is 140 Å². The molecule has 0 atom stereocenters. The summed E-state index contributed by atoms with van der Waals surface area (Å²) < 4.78 is 0. The van der Waals surface area contributed by atoms with Crippen LogP contribution in [-0.2, 0) is 0 Å². The normalized spacial score (nSPS) is 13.2. The van der Waals surface area contributed by atoms with Gasteiger partial charge < -0.3 is 9.71 Å². The molecular formula is C50H31BN2. The molecule has 3 aliphatic rings. The van der Waals surface area contributed by atoms with E-state index in [4.69, 9.17) is 0 Å². The Morgan fingerprint density at radius 1 is 0.321 bits per heavy atom. The summed E-state index contributed by atoms with van der Waals surface area (Å²) in [5.74, 6) is 0. The van der Waals surface area contributed by atoms with Gasteiger partial charge in [0, 0.05) is 39.6 Å². The molecule has 0 fully saturated rings. The first-order valence-corrected chi connectivity index (χ1v) is 18.5. The minimum Gasteiger partial charge on any atom is -0.376 e. The third-order valence-electron chi connectivity index (χ3n) is 11.7. The third-order valence-corrected chi connectivity index (χ3v) is 11.7. The Hall–Kier alpha value is -6.84. The van der Waals surface area contributed by atoms with Crippen LogP contribution < -0.4 is 20.6 Å². The lowest BCUT2D eigenvalue weighted by atomic mass is 9.41. The Bertz CT molecular complexity index is 2830. The third kappa shape index (κ3) is 4.05. The summed E-state index contributed by atoms with van der Waals surface area (Å²) >= 11 is 0. The molecule has 9 aromatic rings. The lowest BCUT2D eigenvalue weighted by Crippen LogP contribution is -2.63. The van der Waals surface area contributed by atoms with Gasteiger partial charge in [-0.15, -0.1) is 0 Å². The van der Waals surface area contributed by atoms with Crippen LogP contribution in [0.2, 0.25) is 0 Å². The quantitative estimate of drug-likeness (QED) is 0.136. The number of hydrogen-bond donors (Lipinski definition) is 0. The van der Waals surface area contributed by atoms with E-state index in [0.29, 0.717) is 0 Å². The monoisotopic (exact) mass is 670 g/mol. The Labute approximate surface area is 308 Å². The zero-order valence-corrected chi connectivity index (χ0v) is 28.9. The molecule has 3 heteroatoms. The van der Waals surface area contributed by atoms with E-state index in [1.54, 1.807) is 0 Å². The van der Waals surface area contributed by atoms with E-state index in [0.717, 1.165) is 0 Å². The van der Waals surface area contributed by atoms with Crippen molar-refractivity contribution in [3.05, 3.63) is 188 Å². The molecule has 0 saturated heterocycles. The fourth-order valence-electron chi connectivity index (χ4n) is 9.44. The predicted octanol–water partition coefficient (Wildman–Crippen LogP) is 12.0. The van der Waals surface area contributed by atoms with E-state index in [1.165, 1.54) is 105 Å². The fraction of sp³-hybridized carbons (Fsp3) is 0. The minimum atomic E-state index is 0.0400. The summed E-state index contributed by atoms with van der Waals surface area (Å²) in [5, 5.41) is 5.08. The van der Waals surface area contributed by atoms with Gasteiger partial charge in [-0.2, -0.15) is 0 Å². The van der Waals surface area contributed by atoms with Crippen LogP contribution in [0.25, 0.3) is 66.1 Å². The summed E-state index contributed by atoms with van der Waals surface area (Å²) in [4.78, 5) is 5.16. The lowest BCUT2D eigenvalue weighted by Gasteiger charge is -2.49. The van der Waals surface area contributed by atoms with Crippen molar-refractivity contribution in [2.45, 2.75) is 0 Å². The van der Waals surface area contributed by atoms with E-state index < -0.39 is 0 Å². The van der Waals surface area contributed by atoms with Gasteiger partial charge in [0.1, 0.15) is 0 Å². The summed E-state index contributed by atoms with van der Waals surface area (Å²) in [6, 6.07) is 69.8. The van der Waals surface area contributed by atoms with Crippen LogP contribution >= 0.6 is 0 Å². The van der Waals surface area contributed by atoms with Gasteiger partial charge in [-0.3, -0.25) is 0 Å². The Kier molecular flexibility index (Phi) is 5.89. The fourth-order valence-corrected chi connectivity index (χ4v) is 9.44. The van der Waals surface area contributed by atoms with Gasteiger partial charge >= 0.3 is 6.85 Å². The van der Waals surface area contributed by atoms with Crippen LogP contribution in [0.4, 0.5) is 28.4 Å². The first-order chi connectivity index (χ1) is 26.3. The first-order valence-electron chi connectivity index (χ1n) is 18.5. The van der Waals surface area contributed by atoms with Crippen LogP contribution in [0.1, 0.15) is 0 Å². The van der Waals surface area contributed by atoms with Crippen molar-refractivity contribution >= 4 is 67.8 Å². The second kappa shape index (κ2) is 10.8. The molecule has 0 N–H and O–H groups in total. The molecule has 0 saturated carbocycles. The van der Waals surface area contributed by atoms with Gasteiger partial charge in [-0.25, -0.2) is 0 Å². The van der Waals surface area contributed by atoms with Crippen LogP contribution in [-0.4, -0.2) is 6.85 Å². The van der Waals surface area contributed by atoms with Gasteiger partial charge in [0.2, 0.25) is 0 Å². The largest absolute Gasteiger partial charge is 0.376 e. The lowest BCUT2D eigenvalue weighted by molar-refractivity contribution is 1.26. The Balaban J connectivity index is 1.16. The highest BCUT2D eigenvalue weighted by Crippen LogP contribution is 2.52. The maximum atomic E-state index is 2.63. The van der Waals surface area contributed by atoms with Crippen molar-refractivity contribution in [3.8, 4) is 44.5 Å². The smallest absolute Gasteiger partial charge is 0.333 e. The Morgan fingerprint density at radius 3 is 1.49 bits per heavy atom. The zero-order chi connectivity index (χ0) is 34.6. The van der Waals surface area contributed by atoms with E-state index in [2.05, 4.69) is 198 Å². The number of rotatable bonds is 3. The average molecular weight is 671 g/mol. The van der Waals surface area contributed by atoms with Crippen molar-refractivity contribution in [1.82, 2.24) is 0 Å². The molecule has 12 rings (SSSR count). The van der Waals surface area contributed by atoms with Gasteiger partial charge in [0.05, 0.1) is 0 Å². The molecule has 0 bridgehead atoms. The number of fused-ring (bicyclic) bond motifs is 9. The van der Waals surface area contributed by atoms with Crippen LogP contribution in [0, 0.1) is 0 Å². The summed E-state index contributed by atoms with van der Waals surface area (Å²) in [5.41, 5.74) is 18.9. The van der Waals surface area contributed by atoms with E-state index >= 15 is 0 Å². The standard InChI is InChI=1S/C50H31BN2/c1-3-11-32(12-4-1)35-23-27-45-43(30-35)41-17-9-19-47-49(41)51-50-42(44-31-36(24-28-46(44)53(45)51)33-13-5-2-6-14-33)18-10-20-48(50)52(47)38-25-26-40-37(29-38)22-21-34-15-7-8-16-39(34)40/h1-31H. The molecule has 0 spiro atoms. The van der Waals surface area contributed by atoms with E-state index in [9.17, 15) is 0 Å². The van der Waals surface area contributed by atoms with E-state index in [1.807, 2.05) is 0 Å². The molecule has 244 valence electrons. The number of nitrogens with zero attached hydrogens (tertiary/aromatic N) is 2. The van der Waals surface area contributed by atoms with Gasteiger partial charge in [0.25, 0.3) is 0 Å². The zero-order valence-electron chi connectivity index (χ0n) is 28.9. The maximum absolute atomic E-state index is 2.63. The highest BCUT2D eigenvalue weighted by molar-refractivity contribution is 6.95. The highest BCUT2D eigenvalue weighted by Gasteiger charge is 2.48. The summed E-state index contributed by atoms with van der Waals surface area (Å²) in [7, 11) is 0. The first kappa shape index (κ1) is 28.8. The molecule has 3 heterocycles. The minimum absolute atomic E-state index is 0.0400. The topological polar surface area (TPSA) is 6.48 Å². The van der Waals surface area contributed by atoms with Crippen molar-refractivity contribution in [3.63, 3.8) is 0 Å². The number of benzene rings is 9. The number of anilines is 5. The molecule has 2 nitrogen and oxygen atoms in total. The Morgan fingerprint density at radius 2 is 0.868 bits per heavy atom. The molecule has 53 heavy (non-hydrogen) atoms. The van der Waals surface area contributed by atoms with Crippen molar-refractivity contribution in [2.75, 3.05) is 9.71 Å². The van der Waals surface area contributed by atoms with Crippen molar-refractivity contribution < 1.29 is 0 Å². The second-order valence-electron chi connectivity index (χ2n) is 14.5. The molecule has 9 aromatic carbocycles. The maximum Gasteiger partial charge on any atom is 0.333 e. The van der Waals surface area contributed by atoms with E-state index in [-0.39, 0.29) is 6.85 Å². The highest BCUT2D eigenvalue weighted by atomic mass is 15.2. The second-order valence-corrected chi connectivity index (χ2v) is 14.5. The van der Waals surface area contributed by atoms with Crippen LogP contribution in [0.5, 0.6) is 0 Å². The van der Waals surface area contributed by atoms with Crippen LogP contribution in [0.15, 0.2) is 188 Å². The SMILES string of the molecule is c1ccc(-c2ccc3c(c2)-c2cccc4c2B2c5c(cccc5N4c4ccc5c(ccc6ccccc65)c4)-c4cc(-c5ccccc5)ccc4N23)cc1. The predicted molar refractivity (Wildman–Crippen MR) is 225 cm³/mol. The number of hydrogen-bond acceptors (Lipinski definition) is 2. The van der Waals surface area contributed by atoms with Crippen molar-refractivity contribution in [1.29, 1.82) is 0 Å².